The highest BCUT2D eigenvalue weighted by Gasteiger charge is 2.05. The predicted molar refractivity (Wildman–Crippen MR) is 73.7 cm³/mol. The number of thioether (sulfide) groups is 1. The highest BCUT2D eigenvalue weighted by Crippen LogP contribution is 2.13. The summed E-state index contributed by atoms with van der Waals surface area (Å²) in [4.78, 5) is 11.2. The predicted octanol–water partition coefficient (Wildman–Crippen LogP) is 1.75. The summed E-state index contributed by atoms with van der Waals surface area (Å²) in [6.07, 6.45) is 1.23. The van der Waals surface area contributed by atoms with E-state index in [9.17, 15) is 13.2 Å². The lowest BCUT2D eigenvalue weighted by atomic mass is 10.1. The van der Waals surface area contributed by atoms with E-state index >= 15 is 0 Å². The van der Waals surface area contributed by atoms with Crippen molar-refractivity contribution in [2.75, 3.05) is 24.9 Å². The molecule has 6 heteroatoms. The minimum Gasteiger partial charge on any atom is -0.465 e. The van der Waals surface area contributed by atoms with E-state index in [0.717, 1.165) is 11.3 Å². The molecule has 100 valence electrons. The van der Waals surface area contributed by atoms with Crippen LogP contribution < -0.4 is 0 Å². The van der Waals surface area contributed by atoms with Gasteiger partial charge in [-0.05, 0) is 17.7 Å². The average molecular weight is 288 g/mol. The molecule has 0 aliphatic carbocycles. The van der Waals surface area contributed by atoms with Crippen molar-refractivity contribution in [3.05, 3.63) is 35.4 Å². The summed E-state index contributed by atoms with van der Waals surface area (Å²) in [5, 5.41) is 0. The van der Waals surface area contributed by atoms with Gasteiger partial charge in [-0.3, -0.25) is 0 Å². The standard InChI is InChI=1S/C12H16O4S2/c1-16-12(13)11-5-3-10(4-6-11)9-17-7-8-18(2,14)15/h3-6H,7-9H2,1-2H3. The van der Waals surface area contributed by atoms with Crippen molar-refractivity contribution in [3.8, 4) is 0 Å². The first-order valence-corrected chi connectivity index (χ1v) is 8.56. The van der Waals surface area contributed by atoms with Crippen LogP contribution in [0.3, 0.4) is 0 Å². The summed E-state index contributed by atoms with van der Waals surface area (Å²) in [6, 6.07) is 7.11. The number of hydrogen-bond acceptors (Lipinski definition) is 5. The first-order valence-electron chi connectivity index (χ1n) is 5.35. The van der Waals surface area contributed by atoms with Crippen molar-refractivity contribution in [3.63, 3.8) is 0 Å². The molecule has 0 radical (unpaired) electrons. The topological polar surface area (TPSA) is 60.4 Å². The molecule has 0 amide bonds. The minimum absolute atomic E-state index is 0.192. The second-order valence-electron chi connectivity index (χ2n) is 3.87. The maximum absolute atomic E-state index is 11.2. The van der Waals surface area contributed by atoms with Crippen LogP contribution in [0.4, 0.5) is 0 Å². The molecular weight excluding hydrogens is 272 g/mol. The molecule has 0 atom stereocenters. The molecule has 0 saturated heterocycles. The van der Waals surface area contributed by atoms with Crippen molar-refractivity contribution < 1.29 is 17.9 Å². The Bertz CT molecular complexity index is 491. The Hall–Kier alpha value is -1.01. The fourth-order valence-corrected chi connectivity index (χ4v) is 3.51. The van der Waals surface area contributed by atoms with E-state index in [0.29, 0.717) is 11.3 Å². The van der Waals surface area contributed by atoms with E-state index in [2.05, 4.69) is 4.74 Å². The Morgan fingerprint density at radius 1 is 1.28 bits per heavy atom. The number of carbonyl (C=O) groups is 1. The number of carbonyl (C=O) groups excluding carboxylic acids is 1. The maximum Gasteiger partial charge on any atom is 0.337 e. The third-order valence-corrected chi connectivity index (χ3v) is 4.48. The lowest BCUT2D eigenvalue weighted by Crippen LogP contribution is -2.05. The molecule has 18 heavy (non-hydrogen) atoms. The van der Waals surface area contributed by atoms with Gasteiger partial charge in [-0.15, -0.1) is 0 Å². The smallest absolute Gasteiger partial charge is 0.337 e. The summed E-state index contributed by atoms with van der Waals surface area (Å²) >= 11 is 1.56. The van der Waals surface area contributed by atoms with E-state index in [1.54, 1.807) is 23.9 Å². The molecule has 1 aromatic carbocycles. The number of benzene rings is 1. The van der Waals surface area contributed by atoms with Gasteiger partial charge in [0, 0.05) is 17.8 Å². The Kier molecular flexibility index (Phi) is 5.68. The van der Waals surface area contributed by atoms with Gasteiger partial charge < -0.3 is 4.74 Å². The van der Waals surface area contributed by atoms with Crippen LogP contribution in [0.1, 0.15) is 15.9 Å². The zero-order valence-corrected chi connectivity index (χ0v) is 12.0. The SMILES string of the molecule is COC(=O)c1ccc(CSCCS(C)(=O)=O)cc1. The van der Waals surface area contributed by atoms with Crippen LogP contribution in [0.2, 0.25) is 0 Å². The Morgan fingerprint density at radius 3 is 2.39 bits per heavy atom. The third-order valence-electron chi connectivity index (χ3n) is 2.24. The first kappa shape index (κ1) is 15.0. The Labute approximate surface area is 112 Å². The van der Waals surface area contributed by atoms with Gasteiger partial charge in [0.25, 0.3) is 0 Å². The zero-order chi connectivity index (χ0) is 13.6. The molecule has 0 aromatic heterocycles. The number of methoxy groups -OCH3 is 1. The van der Waals surface area contributed by atoms with Crippen molar-refractivity contribution in [2.24, 2.45) is 0 Å². The van der Waals surface area contributed by atoms with Crippen LogP contribution in [0.5, 0.6) is 0 Å². The van der Waals surface area contributed by atoms with Gasteiger partial charge in [0.1, 0.15) is 9.84 Å². The van der Waals surface area contributed by atoms with Crippen LogP contribution in [0.15, 0.2) is 24.3 Å². The second kappa shape index (κ2) is 6.80. The fourth-order valence-electron chi connectivity index (χ4n) is 1.26. The lowest BCUT2D eigenvalue weighted by Gasteiger charge is -2.03. The molecule has 0 aliphatic heterocycles. The van der Waals surface area contributed by atoms with E-state index in [1.807, 2.05) is 12.1 Å². The van der Waals surface area contributed by atoms with Crippen molar-refractivity contribution in [2.45, 2.75) is 5.75 Å². The first-order chi connectivity index (χ1) is 8.42. The van der Waals surface area contributed by atoms with Crippen LogP contribution in [0.25, 0.3) is 0 Å². The monoisotopic (exact) mass is 288 g/mol. The number of hydrogen-bond donors (Lipinski definition) is 0. The molecule has 1 aromatic rings. The summed E-state index contributed by atoms with van der Waals surface area (Å²) in [5.74, 6) is 1.15. The second-order valence-corrected chi connectivity index (χ2v) is 7.24. The minimum atomic E-state index is -2.88. The van der Waals surface area contributed by atoms with Crippen LogP contribution >= 0.6 is 11.8 Å². The molecule has 0 aliphatic rings. The van der Waals surface area contributed by atoms with Crippen LogP contribution in [-0.4, -0.2) is 39.3 Å². The molecule has 0 fully saturated rings. The molecule has 0 spiro atoms. The molecule has 0 bridgehead atoms. The Balaban J connectivity index is 2.42. The van der Waals surface area contributed by atoms with Gasteiger partial charge in [-0.2, -0.15) is 11.8 Å². The molecule has 1 rings (SSSR count). The molecule has 0 heterocycles. The van der Waals surface area contributed by atoms with Gasteiger partial charge in [0.2, 0.25) is 0 Å². The van der Waals surface area contributed by atoms with Crippen LogP contribution in [-0.2, 0) is 20.3 Å². The highest BCUT2D eigenvalue weighted by molar-refractivity contribution is 7.99. The van der Waals surface area contributed by atoms with Crippen molar-refractivity contribution in [1.82, 2.24) is 0 Å². The summed E-state index contributed by atoms with van der Waals surface area (Å²) in [6.45, 7) is 0. The molecule has 4 nitrogen and oxygen atoms in total. The van der Waals surface area contributed by atoms with Gasteiger partial charge in [0.15, 0.2) is 0 Å². The maximum atomic E-state index is 11.2. The van der Waals surface area contributed by atoms with Gasteiger partial charge in [-0.25, -0.2) is 13.2 Å². The van der Waals surface area contributed by atoms with E-state index in [-0.39, 0.29) is 11.7 Å². The zero-order valence-electron chi connectivity index (χ0n) is 10.4. The van der Waals surface area contributed by atoms with Gasteiger partial charge in [-0.1, -0.05) is 12.1 Å². The molecule has 0 N–H and O–H groups in total. The summed E-state index contributed by atoms with van der Waals surface area (Å²) in [5.41, 5.74) is 1.57. The Morgan fingerprint density at radius 2 is 1.89 bits per heavy atom. The van der Waals surface area contributed by atoms with E-state index in [4.69, 9.17) is 0 Å². The number of esters is 1. The normalized spacial score (nSPS) is 11.2. The van der Waals surface area contributed by atoms with E-state index in [1.165, 1.54) is 13.4 Å². The quantitative estimate of drug-likeness (QED) is 0.589. The molecule has 0 saturated carbocycles. The number of rotatable bonds is 6. The molecular formula is C12H16O4S2. The third kappa shape index (κ3) is 5.55. The average Bonchev–Trinajstić information content (AvgIpc) is 2.33. The van der Waals surface area contributed by atoms with Gasteiger partial charge in [0.05, 0.1) is 18.4 Å². The largest absolute Gasteiger partial charge is 0.465 e. The van der Waals surface area contributed by atoms with Crippen LogP contribution in [0, 0.1) is 0 Å². The lowest BCUT2D eigenvalue weighted by molar-refractivity contribution is 0.0600. The van der Waals surface area contributed by atoms with Gasteiger partial charge >= 0.3 is 5.97 Å². The van der Waals surface area contributed by atoms with Crippen molar-refractivity contribution in [1.29, 1.82) is 0 Å². The summed E-state index contributed by atoms with van der Waals surface area (Å²) in [7, 11) is -1.54. The molecule has 0 unspecified atom stereocenters. The number of sulfone groups is 1. The summed E-state index contributed by atoms with van der Waals surface area (Å²) < 4.78 is 26.5. The fraction of sp³-hybridized carbons (Fsp3) is 0.417. The number of ether oxygens (including phenoxy) is 1. The van der Waals surface area contributed by atoms with E-state index < -0.39 is 9.84 Å². The highest BCUT2D eigenvalue weighted by atomic mass is 32.2. The van der Waals surface area contributed by atoms with Crippen molar-refractivity contribution >= 4 is 27.6 Å².